The van der Waals surface area contributed by atoms with Crippen LogP contribution in [0.2, 0.25) is 0 Å². The summed E-state index contributed by atoms with van der Waals surface area (Å²) >= 11 is 0. The van der Waals surface area contributed by atoms with Gasteiger partial charge >= 0.3 is 12.5 Å². The molecule has 102 valence electrons. The lowest BCUT2D eigenvalue weighted by atomic mass is 10.2. The molecule has 2 nitrogen and oxygen atoms in total. The van der Waals surface area contributed by atoms with Gasteiger partial charge in [-0.25, -0.2) is 13.8 Å². The topological polar surface area (TPSA) is 22.1 Å². The van der Waals surface area contributed by atoms with E-state index in [9.17, 15) is 35.1 Å². The van der Waals surface area contributed by atoms with Crippen LogP contribution in [0.3, 0.4) is 0 Å². The van der Waals surface area contributed by atoms with Gasteiger partial charge in [0.25, 0.3) is 5.88 Å². The summed E-state index contributed by atoms with van der Waals surface area (Å²) in [5.74, 6) is -3.75. The van der Waals surface area contributed by atoms with Crippen LogP contribution in [0.4, 0.5) is 35.1 Å². The molecule has 0 amide bonds. The lowest BCUT2D eigenvalue weighted by Gasteiger charge is -2.13. The average molecular weight is 281 g/mol. The van der Waals surface area contributed by atoms with E-state index in [4.69, 9.17) is 0 Å². The third-order valence-corrected chi connectivity index (χ3v) is 1.67. The third kappa shape index (κ3) is 3.44. The van der Waals surface area contributed by atoms with Gasteiger partial charge < -0.3 is 4.74 Å². The number of hydrogen-bond acceptors (Lipinski definition) is 2. The van der Waals surface area contributed by atoms with Crippen molar-refractivity contribution in [3.05, 3.63) is 23.1 Å². The van der Waals surface area contributed by atoms with Crippen molar-refractivity contribution in [3.8, 4) is 5.88 Å². The van der Waals surface area contributed by atoms with Crippen LogP contribution >= 0.6 is 0 Å². The van der Waals surface area contributed by atoms with Gasteiger partial charge in [-0.2, -0.15) is 13.2 Å². The Balaban J connectivity index is 3.27. The van der Waals surface area contributed by atoms with Crippen LogP contribution in [0.5, 0.6) is 5.88 Å². The van der Waals surface area contributed by atoms with Crippen LogP contribution in [0.25, 0.3) is 0 Å². The number of rotatable bonds is 2. The monoisotopic (exact) mass is 281 g/mol. The highest BCUT2D eigenvalue weighted by atomic mass is 19.4. The van der Waals surface area contributed by atoms with Crippen molar-refractivity contribution in [1.82, 2.24) is 4.98 Å². The first kappa shape index (κ1) is 14.5. The first-order valence-electron chi connectivity index (χ1n) is 4.13. The second-order valence-corrected chi connectivity index (χ2v) is 2.95. The molecule has 0 spiro atoms. The Hall–Kier alpha value is -1.61. The van der Waals surface area contributed by atoms with Gasteiger partial charge in [-0.1, -0.05) is 0 Å². The maximum Gasteiger partial charge on any atom is 0.574 e. The van der Waals surface area contributed by atoms with Gasteiger partial charge in [0.1, 0.15) is 6.67 Å². The maximum absolute atomic E-state index is 12.9. The highest BCUT2D eigenvalue weighted by Gasteiger charge is 2.38. The first-order valence-corrected chi connectivity index (χ1v) is 4.13. The van der Waals surface area contributed by atoms with Gasteiger partial charge in [0.2, 0.25) is 0 Å². The third-order valence-electron chi connectivity index (χ3n) is 1.67. The fourth-order valence-corrected chi connectivity index (χ4v) is 1.04. The van der Waals surface area contributed by atoms with Crippen molar-refractivity contribution in [2.45, 2.75) is 19.2 Å². The molecule has 0 saturated heterocycles. The van der Waals surface area contributed by atoms with E-state index in [2.05, 4.69) is 9.72 Å². The minimum absolute atomic E-state index is 0.303. The van der Waals surface area contributed by atoms with Gasteiger partial charge in [-0.3, -0.25) is 0 Å². The number of pyridine rings is 1. The first-order chi connectivity index (χ1) is 8.04. The molecule has 1 rings (SSSR count). The van der Waals surface area contributed by atoms with Gasteiger partial charge in [0.15, 0.2) is 5.82 Å². The predicted octanol–water partition coefficient (Wildman–Crippen LogP) is 3.61. The minimum Gasteiger partial charge on any atom is -0.385 e. The second-order valence-electron chi connectivity index (χ2n) is 2.95. The Kier molecular flexibility index (Phi) is 3.67. The predicted molar refractivity (Wildman–Crippen MR) is 40.7 cm³/mol. The molecular weight excluding hydrogens is 278 g/mol. The Morgan fingerprint density at radius 3 is 2.06 bits per heavy atom. The molecule has 1 aromatic heterocycles. The average Bonchev–Trinajstić information content (AvgIpc) is 2.17. The molecule has 0 aromatic carbocycles. The van der Waals surface area contributed by atoms with E-state index >= 15 is 0 Å². The number of ether oxygens (including phenoxy) is 1. The number of nitrogens with zero attached hydrogens (tertiary/aromatic N) is 1. The summed E-state index contributed by atoms with van der Waals surface area (Å²) in [6, 6.07) is -0.303. The number of alkyl halides is 7. The summed E-state index contributed by atoms with van der Waals surface area (Å²) in [7, 11) is 0. The number of hydrogen-bond donors (Lipinski definition) is 0. The molecule has 0 aliphatic heterocycles. The summed E-state index contributed by atoms with van der Waals surface area (Å²) in [5.41, 5.74) is -3.18. The van der Waals surface area contributed by atoms with E-state index in [0.717, 1.165) is 0 Å². The van der Waals surface area contributed by atoms with Crippen LogP contribution in [0.1, 0.15) is 11.3 Å². The van der Waals surface area contributed by atoms with Gasteiger partial charge in [0, 0.05) is 0 Å². The molecule has 18 heavy (non-hydrogen) atoms. The fourth-order valence-electron chi connectivity index (χ4n) is 1.04. The largest absolute Gasteiger partial charge is 0.574 e. The Morgan fingerprint density at radius 1 is 1.11 bits per heavy atom. The molecule has 0 aliphatic rings. The quantitative estimate of drug-likeness (QED) is 0.772. The molecule has 1 heterocycles. The number of halogens is 8. The SMILES string of the molecule is FCc1nc(OC(F)(F)F)c(F)cc1C(F)(F)F. The number of aromatic nitrogens is 1. The lowest BCUT2D eigenvalue weighted by molar-refractivity contribution is -0.277. The smallest absolute Gasteiger partial charge is 0.385 e. The van der Waals surface area contributed by atoms with E-state index in [1.807, 2.05) is 0 Å². The summed E-state index contributed by atoms with van der Waals surface area (Å²) in [4.78, 5) is 2.53. The Labute approximate surface area is 94.2 Å². The zero-order valence-electron chi connectivity index (χ0n) is 8.16. The zero-order valence-corrected chi connectivity index (χ0v) is 8.16. The van der Waals surface area contributed by atoms with Crippen LogP contribution in [0.15, 0.2) is 6.07 Å². The van der Waals surface area contributed by atoms with Crippen molar-refractivity contribution < 1.29 is 39.9 Å². The maximum atomic E-state index is 12.9. The molecular formula is C8H3F8NO. The highest BCUT2D eigenvalue weighted by Crippen LogP contribution is 2.35. The van der Waals surface area contributed by atoms with Crippen molar-refractivity contribution in [2.75, 3.05) is 0 Å². The molecule has 0 unspecified atom stereocenters. The molecule has 0 atom stereocenters. The van der Waals surface area contributed by atoms with Crippen molar-refractivity contribution in [3.63, 3.8) is 0 Å². The van der Waals surface area contributed by atoms with Crippen LogP contribution < -0.4 is 4.74 Å². The Bertz CT molecular complexity index is 438. The van der Waals surface area contributed by atoms with Crippen LogP contribution in [-0.4, -0.2) is 11.3 Å². The molecule has 0 radical (unpaired) electrons. The fraction of sp³-hybridized carbons (Fsp3) is 0.375. The molecule has 10 heteroatoms. The molecule has 0 bridgehead atoms. The summed E-state index contributed by atoms with van der Waals surface area (Å²) in [6.45, 7) is -1.82. The van der Waals surface area contributed by atoms with E-state index in [-0.39, 0.29) is 6.07 Å². The normalized spacial score (nSPS) is 12.7. The molecule has 0 fully saturated rings. The van der Waals surface area contributed by atoms with E-state index < -0.39 is 42.2 Å². The summed E-state index contributed by atoms with van der Waals surface area (Å²) in [5, 5.41) is 0. The summed E-state index contributed by atoms with van der Waals surface area (Å²) < 4.78 is 100. The molecule has 0 N–H and O–H groups in total. The molecule has 0 saturated carbocycles. The van der Waals surface area contributed by atoms with Gasteiger partial charge in [0.05, 0.1) is 11.3 Å². The highest BCUT2D eigenvalue weighted by molar-refractivity contribution is 5.29. The van der Waals surface area contributed by atoms with Crippen LogP contribution in [-0.2, 0) is 12.9 Å². The van der Waals surface area contributed by atoms with Gasteiger partial charge in [-0.05, 0) is 6.07 Å². The minimum atomic E-state index is -5.35. The van der Waals surface area contributed by atoms with Gasteiger partial charge in [-0.15, -0.1) is 13.2 Å². The Morgan fingerprint density at radius 2 is 1.67 bits per heavy atom. The van der Waals surface area contributed by atoms with Crippen molar-refractivity contribution in [2.24, 2.45) is 0 Å². The van der Waals surface area contributed by atoms with E-state index in [1.165, 1.54) is 0 Å². The lowest BCUT2D eigenvalue weighted by Crippen LogP contribution is -2.20. The van der Waals surface area contributed by atoms with Crippen molar-refractivity contribution in [1.29, 1.82) is 0 Å². The van der Waals surface area contributed by atoms with E-state index in [1.54, 1.807) is 0 Å². The zero-order chi connectivity index (χ0) is 14.1. The molecule has 1 aromatic rings. The summed E-state index contributed by atoms with van der Waals surface area (Å²) in [6.07, 6.45) is -10.5. The standard InChI is InChI=1S/C8H3F8NO/c9-2-5-3(7(11,12)13)1-4(10)6(17-5)18-8(14,15)16/h1H,2H2. The second kappa shape index (κ2) is 4.58. The van der Waals surface area contributed by atoms with E-state index in [0.29, 0.717) is 0 Å². The van der Waals surface area contributed by atoms with Crippen LogP contribution in [0, 0.1) is 5.82 Å². The molecule has 0 aliphatic carbocycles. The van der Waals surface area contributed by atoms with Crippen molar-refractivity contribution >= 4 is 0 Å².